The van der Waals surface area contributed by atoms with E-state index in [-0.39, 0.29) is 24.9 Å². The summed E-state index contributed by atoms with van der Waals surface area (Å²) in [5, 5.41) is 5.46. The van der Waals surface area contributed by atoms with Crippen LogP contribution in [-0.4, -0.2) is 54.3 Å². The van der Waals surface area contributed by atoms with Crippen molar-refractivity contribution in [1.82, 2.24) is 10.2 Å². The molecule has 3 rings (SSSR count). The number of nitrogens with zero attached hydrogens (tertiary/aromatic N) is 1. The summed E-state index contributed by atoms with van der Waals surface area (Å²) >= 11 is 0. The highest BCUT2D eigenvalue weighted by Crippen LogP contribution is 2.26. The van der Waals surface area contributed by atoms with Crippen LogP contribution in [0.3, 0.4) is 0 Å². The lowest BCUT2D eigenvalue weighted by Gasteiger charge is -2.29. The molecule has 32 heavy (non-hydrogen) atoms. The molecular formula is C23H26N4O5. The van der Waals surface area contributed by atoms with Crippen LogP contribution in [0.2, 0.25) is 0 Å². The number of nitrogens with one attached hydrogen (secondary N) is 2. The van der Waals surface area contributed by atoms with E-state index in [0.717, 1.165) is 5.56 Å². The standard InChI is InChI=1S/C23H26N4O5/c1-14(10-21(29)32-2)25-20(28)13-27-19(11-15-6-4-3-5-7-15)22(30)26-18-9-8-16(24)12-17(18)23(27)31/h3-9,12,14,19H,10-11,13,24H2,1-2H3,(H,25,28)(H,26,30)/t14-,19-/m0/s1. The Bertz CT molecular complexity index is 1020. The molecule has 0 unspecified atom stereocenters. The van der Waals surface area contributed by atoms with Gasteiger partial charge in [0, 0.05) is 18.2 Å². The summed E-state index contributed by atoms with van der Waals surface area (Å²) in [7, 11) is 1.27. The molecule has 3 amide bonds. The zero-order valence-electron chi connectivity index (χ0n) is 18.0. The molecule has 0 saturated heterocycles. The van der Waals surface area contributed by atoms with E-state index >= 15 is 0 Å². The molecule has 2 aromatic carbocycles. The zero-order valence-corrected chi connectivity index (χ0v) is 18.0. The second-order valence-electron chi connectivity index (χ2n) is 7.68. The summed E-state index contributed by atoms with van der Waals surface area (Å²) in [6.45, 7) is 1.30. The molecule has 2 atom stereocenters. The molecule has 4 N–H and O–H groups in total. The Morgan fingerprint density at radius 2 is 1.91 bits per heavy atom. The number of anilines is 2. The molecule has 1 aliphatic rings. The SMILES string of the molecule is COC(=O)C[C@H](C)NC(=O)CN1C(=O)c2cc(N)ccc2NC(=O)[C@@H]1Cc1ccccc1. The number of hydrogen-bond acceptors (Lipinski definition) is 6. The van der Waals surface area contributed by atoms with E-state index in [1.54, 1.807) is 19.1 Å². The Morgan fingerprint density at radius 3 is 2.59 bits per heavy atom. The molecule has 0 bridgehead atoms. The Kier molecular flexibility index (Phi) is 7.09. The third kappa shape index (κ3) is 5.42. The normalized spacial score (nSPS) is 16.4. The van der Waals surface area contributed by atoms with Crippen molar-refractivity contribution in [3.8, 4) is 0 Å². The largest absolute Gasteiger partial charge is 0.469 e. The van der Waals surface area contributed by atoms with Crippen LogP contribution < -0.4 is 16.4 Å². The van der Waals surface area contributed by atoms with Crippen LogP contribution >= 0.6 is 0 Å². The maximum absolute atomic E-state index is 13.4. The average molecular weight is 438 g/mol. The van der Waals surface area contributed by atoms with Crippen molar-refractivity contribution in [3.05, 3.63) is 59.7 Å². The van der Waals surface area contributed by atoms with E-state index in [9.17, 15) is 19.2 Å². The Morgan fingerprint density at radius 1 is 1.19 bits per heavy atom. The number of amides is 3. The first kappa shape index (κ1) is 22.8. The zero-order chi connectivity index (χ0) is 23.3. The van der Waals surface area contributed by atoms with Crippen molar-refractivity contribution in [3.63, 3.8) is 0 Å². The minimum atomic E-state index is -0.916. The highest BCUT2D eigenvalue weighted by atomic mass is 16.5. The number of ether oxygens (including phenoxy) is 1. The van der Waals surface area contributed by atoms with Crippen molar-refractivity contribution in [1.29, 1.82) is 0 Å². The van der Waals surface area contributed by atoms with Gasteiger partial charge in [0.1, 0.15) is 12.6 Å². The van der Waals surface area contributed by atoms with Crippen molar-refractivity contribution < 1.29 is 23.9 Å². The predicted molar refractivity (Wildman–Crippen MR) is 119 cm³/mol. The second kappa shape index (κ2) is 9.95. The molecule has 0 aliphatic carbocycles. The van der Waals surface area contributed by atoms with Gasteiger partial charge in [-0.15, -0.1) is 0 Å². The predicted octanol–water partition coefficient (Wildman–Crippen LogP) is 1.34. The summed E-state index contributed by atoms with van der Waals surface area (Å²) in [6.07, 6.45) is 0.219. The van der Waals surface area contributed by atoms with Crippen molar-refractivity contribution in [2.75, 3.05) is 24.7 Å². The molecule has 9 heteroatoms. The molecule has 0 spiro atoms. The first-order valence-electron chi connectivity index (χ1n) is 10.2. The van der Waals surface area contributed by atoms with E-state index in [1.165, 1.54) is 18.1 Å². The number of carbonyl (C=O) groups excluding carboxylic acids is 4. The minimum Gasteiger partial charge on any atom is -0.469 e. The van der Waals surface area contributed by atoms with Crippen LogP contribution in [0.15, 0.2) is 48.5 Å². The maximum atomic E-state index is 13.4. The van der Waals surface area contributed by atoms with E-state index in [4.69, 9.17) is 5.73 Å². The third-order valence-corrected chi connectivity index (χ3v) is 5.17. The smallest absolute Gasteiger partial charge is 0.307 e. The summed E-state index contributed by atoms with van der Waals surface area (Å²) in [6, 6.07) is 12.5. The van der Waals surface area contributed by atoms with Crippen LogP contribution in [-0.2, 0) is 25.5 Å². The fourth-order valence-corrected chi connectivity index (χ4v) is 3.58. The van der Waals surface area contributed by atoms with E-state index < -0.39 is 35.8 Å². The maximum Gasteiger partial charge on any atom is 0.307 e. The fraction of sp³-hybridized carbons (Fsp3) is 0.304. The van der Waals surface area contributed by atoms with Gasteiger partial charge in [-0.1, -0.05) is 30.3 Å². The first-order chi connectivity index (χ1) is 15.3. The third-order valence-electron chi connectivity index (χ3n) is 5.17. The highest BCUT2D eigenvalue weighted by molar-refractivity contribution is 6.11. The molecule has 1 heterocycles. The molecule has 0 fully saturated rings. The number of benzene rings is 2. The van der Waals surface area contributed by atoms with Crippen molar-refractivity contribution in [2.24, 2.45) is 0 Å². The van der Waals surface area contributed by atoms with Gasteiger partial charge in [0.25, 0.3) is 5.91 Å². The van der Waals surface area contributed by atoms with Gasteiger partial charge in [0.05, 0.1) is 24.8 Å². The number of hydrogen-bond donors (Lipinski definition) is 3. The van der Waals surface area contributed by atoms with Crippen LogP contribution in [0.25, 0.3) is 0 Å². The second-order valence-corrected chi connectivity index (χ2v) is 7.68. The van der Waals surface area contributed by atoms with Crippen LogP contribution in [0.1, 0.15) is 29.3 Å². The van der Waals surface area contributed by atoms with E-state index in [0.29, 0.717) is 11.4 Å². The lowest BCUT2D eigenvalue weighted by Crippen LogP contribution is -2.51. The van der Waals surface area contributed by atoms with Crippen molar-refractivity contribution >= 4 is 35.1 Å². The monoisotopic (exact) mass is 438 g/mol. The molecule has 2 aromatic rings. The summed E-state index contributed by atoms with van der Waals surface area (Å²) in [4.78, 5) is 51.9. The van der Waals surface area contributed by atoms with Crippen molar-refractivity contribution in [2.45, 2.75) is 31.8 Å². The number of nitrogen functional groups attached to an aromatic ring is 1. The molecule has 0 radical (unpaired) electrons. The number of fused-ring (bicyclic) bond motifs is 1. The summed E-state index contributed by atoms with van der Waals surface area (Å²) in [5.74, 6) is -1.84. The molecule has 0 aromatic heterocycles. The van der Waals surface area contributed by atoms with Crippen LogP contribution in [0.5, 0.6) is 0 Å². The topological polar surface area (TPSA) is 131 Å². The van der Waals surface area contributed by atoms with Gasteiger partial charge in [0.15, 0.2) is 0 Å². The lowest BCUT2D eigenvalue weighted by molar-refractivity contribution is -0.141. The number of nitrogens with two attached hydrogens (primary N) is 1. The van der Waals surface area contributed by atoms with Gasteiger partial charge in [-0.3, -0.25) is 19.2 Å². The minimum absolute atomic E-state index is 0.0104. The highest BCUT2D eigenvalue weighted by Gasteiger charge is 2.36. The van der Waals surface area contributed by atoms with Gasteiger partial charge in [-0.05, 0) is 30.7 Å². The Labute approximate surface area is 185 Å². The molecular weight excluding hydrogens is 412 g/mol. The van der Waals surface area contributed by atoms with E-state index in [1.807, 2.05) is 30.3 Å². The van der Waals surface area contributed by atoms with Gasteiger partial charge >= 0.3 is 5.97 Å². The quantitative estimate of drug-likeness (QED) is 0.442. The molecule has 1 aliphatic heterocycles. The van der Waals surface area contributed by atoms with Gasteiger partial charge in [0.2, 0.25) is 11.8 Å². The molecule has 0 saturated carbocycles. The van der Waals surface area contributed by atoms with Crippen LogP contribution in [0.4, 0.5) is 11.4 Å². The summed E-state index contributed by atoms with van der Waals surface area (Å²) in [5.41, 5.74) is 7.62. The summed E-state index contributed by atoms with van der Waals surface area (Å²) < 4.78 is 4.61. The van der Waals surface area contributed by atoms with Gasteiger partial charge < -0.3 is 26.0 Å². The van der Waals surface area contributed by atoms with Crippen LogP contribution in [0, 0.1) is 0 Å². The average Bonchev–Trinajstić information content (AvgIpc) is 2.85. The number of methoxy groups -OCH3 is 1. The van der Waals surface area contributed by atoms with Gasteiger partial charge in [-0.25, -0.2) is 0 Å². The number of esters is 1. The van der Waals surface area contributed by atoms with Gasteiger partial charge in [-0.2, -0.15) is 0 Å². The Balaban J connectivity index is 1.88. The lowest BCUT2D eigenvalue weighted by atomic mass is 10.0. The fourth-order valence-electron chi connectivity index (χ4n) is 3.58. The van der Waals surface area contributed by atoms with E-state index in [2.05, 4.69) is 15.4 Å². The number of rotatable bonds is 7. The molecule has 9 nitrogen and oxygen atoms in total. The Hall–Kier alpha value is -3.88. The first-order valence-corrected chi connectivity index (χ1v) is 10.2. The molecule has 168 valence electrons. The number of carbonyl (C=O) groups is 4.